The van der Waals surface area contributed by atoms with Gasteiger partial charge in [-0.15, -0.1) is 0 Å². The van der Waals surface area contributed by atoms with Gasteiger partial charge in [-0.25, -0.2) is 8.42 Å². The normalized spacial score (nSPS) is 11.2. The van der Waals surface area contributed by atoms with Crippen LogP contribution in [0.2, 0.25) is 0 Å². The molecule has 0 fully saturated rings. The van der Waals surface area contributed by atoms with E-state index >= 15 is 0 Å². The second-order valence-electron chi connectivity index (χ2n) is 3.08. The van der Waals surface area contributed by atoms with Crippen molar-refractivity contribution < 1.29 is 17.9 Å². The molecule has 0 aromatic heterocycles. The summed E-state index contributed by atoms with van der Waals surface area (Å²) in [6.07, 6.45) is 0. The van der Waals surface area contributed by atoms with Crippen LogP contribution in [0, 0.1) is 0 Å². The highest BCUT2D eigenvalue weighted by atomic mass is 79.9. The Kier molecular flexibility index (Phi) is 5.10. The molecule has 0 unspecified atom stereocenters. The van der Waals surface area contributed by atoms with E-state index < -0.39 is 16.0 Å². The molecule has 0 radical (unpaired) electrons. The Bertz CT molecular complexity index is 484. The molecule has 0 bridgehead atoms. The second-order valence-corrected chi connectivity index (χ2v) is 5.77. The summed E-state index contributed by atoms with van der Waals surface area (Å²) in [4.78, 5) is 11.1. The summed E-state index contributed by atoms with van der Waals surface area (Å²) in [6, 6.07) is 6.10. The third kappa shape index (κ3) is 4.45. The van der Waals surface area contributed by atoms with Gasteiger partial charge in [-0.05, 0) is 31.2 Å². The summed E-state index contributed by atoms with van der Waals surface area (Å²) in [5.74, 6) is -0.604. The van der Waals surface area contributed by atoms with Gasteiger partial charge in [0.1, 0.15) is 6.54 Å². The van der Waals surface area contributed by atoms with Gasteiger partial charge < -0.3 is 4.74 Å². The third-order valence-electron chi connectivity index (χ3n) is 1.84. The SMILES string of the molecule is CCOC(=O)CNS(=O)(=O)c1ccc(Br)cc1. The fraction of sp³-hybridized carbons (Fsp3) is 0.300. The first-order valence-corrected chi connectivity index (χ1v) is 7.14. The maximum absolute atomic E-state index is 11.7. The molecule has 1 aromatic carbocycles. The fourth-order valence-electron chi connectivity index (χ4n) is 1.06. The zero-order chi connectivity index (χ0) is 12.9. The minimum atomic E-state index is -3.66. The van der Waals surface area contributed by atoms with Gasteiger partial charge in [-0.2, -0.15) is 4.72 Å². The van der Waals surface area contributed by atoms with Crippen LogP contribution in [0.25, 0.3) is 0 Å². The first kappa shape index (κ1) is 14.1. The molecule has 7 heteroatoms. The van der Waals surface area contributed by atoms with Crippen LogP contribution in [0.15, 0.2) is 33.6 Å². The predicted molar refractivity (Wildman–Crippen MR) is 66.0 cm³/mol. The van der Waals surface area contributed by atoms with Crippen molar-refractivity contribution in [3.05, 3.63) is 28.7 Å². The Morgan fingerprint density at radius 3 is 2.47 bits per heavy atom. The van der Waals surface area contributed by atoms with Gasteiger partial charge in [-0.1, -0.05) is 15.9 Å². The molecule has 0 aliphatic carbocycles. The van der Waals surface area contributed by atoms with E-state index in [2.05, 4.69) is 25.4 Å². The van der Waals surface area contributed by atoms with Crippen molar-refractivity contribution in [2.24, 2.45) is 0 Å². The molecule has 1 rings (SSSR count). The summed E-state index contributed by atoms with van der Waals surface area (Å²) < 4.78 is 31.0. The minimum absolute atomic E-state index is 0.102. The highest BCUT2D eigenvalue weighted by Crippen LogP contribution is 2.14. The largest absolute Gasteiger partial charge is 0.465 e. The van der Waals surface area contributed by atoms with Crippen molar-refractivity contribution in [1.82, 2.24) is 4.72 Å². The summed E-state index contributed by atoms with van der Waals surface area (Å²) >= 11 is 3.21. The summed E-state index contributed by atoms with van der Waals surface area (Å²) in [5, 5.41) is 0. The van der Waals surface area contributed by atoms with Crippen LogP contribution in [-0.4, -0.2) is 27.5 Å². The molecule has 0 heterocycles. The monoisotopic (exact) mass is 321 g/mol. The summed E-state index contributed by atoms with van der Waals surface area (Å²) in [6.45, 7) is 1.51. The van der Waals surface area contributed by atoms with Crippen molar-refractivity contribution in [2.75, 3.05) is 13.2 Å². The molecule has 0 saturated carbocycles. The van der Waals surface area contributed by atoms with Crippen LogP contribution in [0.4, 0.5) is 0 Å². The first-order valence-electron chi connectivity index (χ1n) is 4.86. The van der Waals surface area contributed by atoms with Crippen LogP contribution in [0.5, 0.6) is 0 Å². The Morgan fingerprint density at radius 2 is 1.94 bits per heavy atom. The Hall–Kier alpha value is -0.920. The molecule has 1 N–H and O–H groups in total. The Morgan fingerprint density at radius 1 is 1.35 bits per heavy atom. The predicted octanol–water partition coefficient (Wildman–Crippen LogP) is 1.29. The topological polar surface area (TPSA) is 72.5 Å². The smallest absolute Gasteiger partial charge is 0.321 e. The average molecular weight is 322 g/mol. The van der Waals surface area contributed by atoms with Crippen LogP contribution in [0.3, 0.4) is 0 Å². The number of carbonyl (C=O) groups excluding carboxylic acids is 1. The molecule has 94 valence electrons. The number of hydrogen-bond acceptors (Lipinski definition) is 4. The van der Waals surface area contributed by atoms with Gasteiger partial charge in [0.15, 0.2) is 0 Å². The van der Waals surface area contributed by atoms with Crippen molar-refractivity contribution in [3.63, 3.8) is 0 Å². The number of sulfonamides is 1. The highest BCUT2D eigenvalue weighted by molar-refractivity contribution is 9.10. The zero-order valence-electron chi connectivity index (χ0n) is 9.14. The number of ether oxygens (including phenoxy) is 1. The summed E-state index contributed by atoms with van der Waals surface area (Å²) in [7, 11) is -3.66. The van der Waals surface area contributed by atoms with Gasteiger partial charge in [0, 0.05) is 4.47 Å². The number of halogens is 1. The molecule has 0 aliphatic heterocycles. The van der Waals surface area contributed by atoms with Crippen LogP contribution < -0.4 is 4.72 Å². The third-order valence-corrected chi connectivity index (χ3v) is 3.78. The fourth-order valence-corrected chi connectivity index (χ4v) is 2.30. The number of hydrogen-bond donors (Lipinski definition) is 1. The molecule has 0 aliphatic rings. The molecular formula is C10H12BrNO4S. The first-order chi connectivity index (χ1) is 7.95. The van der Waals surface area contributed by atoms with Crippen LogP contribution in [-0.2, 0) is 19.6 Å². The lowest BCUT2D eigenvalue weighted by molar-refractivity contribution is -0.141. The van der Waals surface area contributed by atoms with E-state index in [1.54, 1.807) is 19.1 Å². The van der Waals surface area contributed by atoms with Crippen molar-refractivity contribution in [3.8, 4) is 0 Å². The lowest BCUT2D eigenvalue weighted by Gasteiger charge is -2.06. The number of esters is 1. The Labute approximate surface area is 108 Å². The maximum Gasteiger partial charge on any atom is 0.321 e. The number of nitrogens with one attached hydrogen (secondary N) is 1. The van der Waals surface area contributed by atoms with Crippen molar-refractivity contribution in [2.45, 2.75) is 11.8 Å². The van der Waals surface area contributed by atoms with E-state index in [9.17, 15) is 13.2 Å². The highest BCUT2D eigenvalue weighted by Gasteiger charge is 2.15. The van der Waals surface area contributed by atoms with E-state index in [4.69, 9.17) is 0 Å². The molecule has 5 nitrogen and oxygen atoms in total. The quantitative estimate of drug-likeness (QED) is 0.829. The zero-order valence-corrected chi connectivity index (χ0v) is 11.5. The lowest BCUT2D eigenvalue weighted by Crippen LogP contribution is -2.30. The van der Waals surface area contributed by atoms with Crippen molar-refractivity contribution in [1.29, 1.82) is 0 Å². The molecule has 0 saturated heterocycles. The van der Waals surface area contributed by atoms with Crippen LogP contribution >= 0.6 is 15.9 Å². The van der Waals surface area contributed by atoms with E-state index in [1.807, 2.05) is 0 Å². The van der Waals surface area contributed by atoms with E-state index in [-0.39, 0.29) is 18.0 Å². The Balaban J connectivity index is 2.69. The van der Waals surface area contributed by atoms with E-state index in [0.29, 0.717) is 0 Å². The minimum Gasteiger partial charge on any atom is -0.465 e. The number of rotatable bonds is 5. The van der Waals surface area contributed by atoms with E-state index in [1.165, 1.54) is 12.1 Å². The summed E-state index contributed by atoms with van der Waals surface area (Å²) in [5.41, 5.74) is 0. The van der Waals surface area contributed by atoms with Gasteiger partial charge in [0.05, 0.1) is 11.5 Å². The molecule has 17 heavy (non-hydrogen) atoms. The molecule has 0 amide bonds. The number of benzene rings is 1. The van der Waals surface area contributed by atoms with Crippen LogP contribution in [0.1, 0.15) is 6.92 Å². The molecule has 1 aromatic rings. The lowest BCUT2D eigenvalue weighted by atomic mass is 10.4. The van der Waals surface area contributed by atoms with Gasteiger partial charge in [-0.3, -0.25) is 4.79 Å². The van der Waals surface area contributed by atoms with E-state index in [0.717, 1.165) is 4.47 Å². The second kappa shape index (κ2) is 6.13. The molecule has 0 spiro atoms. The molecular weight excluding hydrogens is 310 g/mol. The standard InChI is InChI=1S/C10H12BrNO4S/c1-2-16-10(13)7-12-17(14,15)9-5-3-8(11)4-6-9/h3-6,12H,2,7H2,1H3. The maximum atomic E-state index is 11.7. The van der Waals surface area contributed by atoms with Gasteiger partial charge in [0.2, 0.25) is 10.0 Å². The number of carbonyl (C=O) groups is 1. The van der Waals surface area contributed by atoms with Gasteiger partial charge in [0.25, 0.3) is 0 Å². The average Bonchev–Trinajstić information content (AvgIpc) is 2.28. The van der Waals surface area contributed by atoms with Crippen molar-refractivity contribution >= 4 is 31.9 Å². The van der Waals surface area contributed by atoms with Gasteiger partial charge >= 0.3 is 5.97 Å². The molecule has 0 atom stereocenters.